The van der Waals surface area contributed by atoms with Crippen LogP contribution in [0.4, 0.5) is 0 Å². The second-order valence-corrected chi connectivity index (χ2v) is 5.22. The number of hydrogen-bond donors (Lipinski definition) is 1. The summed E-state index contributed by atoms with van der Waals surface area (Å²) in [5.41, 5.74) is -0.0454. The molecule has 3 nitrogen and oxygen atoms in total. The van der Waals surface area contributed by atoms with Crippen LogP contribution in [0.1, 0.15) is 34.6 Å². The molecule has 0 aliphatic heterocycles. The summed E-state index contributed by atoms with van der Waals surface area (Å²) in [6, 6.07) is 0.415. The van der Waals surface area contributed by atoms with Crippen LogP contribution in [0.3, 0.4) is 0 Å². The van der Waals surface area contributed by atoms with E-state index in [1.165, 1.54) is 0 Å². The van der Waals surface area contributed by atoms with Crippen molar-refractivity contribution in [2.45, 2.75) is 46.3 Å². The van der Waals surface area contributed by atoms with Crippen LogP contribution < -0.4 is 5.32 Å². The van der Waals surface area contributed by atoms with Gasteiger partial charge >= 0.3 is 0 Å². The lowest BCUT2D eigenvalue weighted by Crippen LogP contribution is -2.40. The first-order chi connectivity index (χ1) is 6.87. The molecule has 0 spiro atoms. The standard InChI is InChI=1S/C12H27NO2/c1-10(2)11(9-14-6)13-7-8-15-12(3,4)5/h10-11,13H,7-9H2,1-6H3. The lowest BCUT2D eigenvalue weighted by atomic mass is 10.1. The number of nitrogens with one attached hydrogen (secondary N) is 1. The van der Waals surface area contributed by atoms with Crippen LogP contribution in [-0.2, 0) is 9.47 Å². The molecule has 0 rings (SSSR count). The molecule has 0 aliphatic rings. The molecular weight excluding hydrogens is 190 g/mol. The van der Waals surface area contributed by atoms with E-state index in [0.29, 0.717) is 12.0 Å². The first kappa shape index (κ1) is 14.9. The second kappa shape index (κ2) is 7.20. The number of ether oxygens (including phenoxy) is 2. The number of rotatable bonds is 7. The lowest BCUT2D eigenvalue weighted by molar-refractivity contribution is -0.00314. The lowest BCUT2D eigenvalue weighted by Gasteiger charge is -2.24. The molecule has 0 saturated heterocycles. The summed E-state index contributed by atoms with van der Waals surface area (Å²) >= 11 is 0. The zero-order chi connectivity index (χ0) is 11.9. The Balaban J connectivity index is 3.62. The highest BCUT2D eigenvalue weighted by atomic mass is 16.5. The highest BCUT2D eigenvalue weighted by Gasteiger charge is 2.13. The van der Waals surface area contributed by atoms with Gasteiger partial charge in [0.1, 0.15) is 0 Å². The van der Waals surface area contributed by atoms with Gasteiger partial charge in [0.15, 0.2) is 0 Å². The van der Waals surface area contributed by atoms with Crippen LogP contribution in [0.5, 0.6) is 0 Å². The van der Waals surface area contributed by atoms with Gasteiger partial charge in [0.05, 0.1) is 18.8 Å². The third-order valence-corrected chi connectivity index (χ3v) is 2.19. The van der Waals surface area contributed by atoms with Gasteiger partial charge in [0.2, 0.25) is 0 Å². The maximum Gasteiger partial charge on any atom is 0.0618 e. The third-order valence-electron chi connectivity index (χ3n) is 2.19. The Morgan fingerprint density at radius 2 is 1.80 bits per heavy atom. The Labute approximate surface area is 94.5 Å². The second-order valence-electron chi connectivity index (χ2n) is 5.22. The summed E-state index contributed by atoms with van der Waals surface area (Å²) in [7, 11) is 1.74. The molecule has 0 bridgehead atoms. The number of hydrogen-bond acceptors (Lipinski definition) is 3. The van der Waals surface area contributed by atoms with Crippen molar-refractivity contribution in [2.24, 2.45) is 5.92 Å². The van der Waals surface area contributed by atoms with Crippen molar-refractivity contribution in [1.29, 1.82) is 0 Å². The van der Waals surface area contributed by atoms with Crippen molar-refractivity contribution in [2.75, 3.05) is 26.9 Å². The molecular formula is C12H27NO2. The molecule has 0 fully saturated rings. The van der Waals surface area contributed by atoms with Crippen molar-refractivity contribution in [1.82, 2.24) is 5.32 Å². The normalized spacial score (nSPS) is 14.6. The molecule has 1 atom stereocenters. The van der Waals surface area contributed by atoms with Gasteiger partial charge < -0.3 is 14.8 Å². The van der Waals surface area contributed by atoms with Crippen LogP contribution in [0.2, 0.25) is 0 Å². The molecule has 1 unspecified atom stereocenters. The highest BCUT2D eigenvalue weighted by molar-refractivity contribution is 4.70. The molecule has 3 heteroatoms. The van der Waals surface area contributed by atoms with Crippen molar-refractivity contribution >= 4 is 0 Å². The van der Waals surface area contributed by atoms with E-state index in [1.807, 2.05) is 0 Å². The molecule has 0 aromatic rings. The summed E-state index contributed by atoms with van der Waals surface area (Å²) in [5, 5.41) is 3.44. The van der Waals surface area contributed by atoms with E-state index in [2.05, 4.69) is 39.9 Å². The monoisotopic (exact) mass is 217 g/mol. The topological polar surface area (TPSA) is 30.5 Å². The van der Waals surface area contributed by atoms with Crippen LogP contribution in [-0.4, -0.2) is 38.5 Å². The molecule has 0 aromatic heterocycles. The molecule has 1 N–H and O–H groups in total. The van der Waals surface area contributed by atoms with E-state index in [9.17, 15) is 0 Å². The summed E-state index contributed by atoms with van der Waals surface area (Å²) in [4.78, 5) is 0. The minimum Gasteiger partial charge on any atom is -0.383 e. The Kier molecular flexibility index (Phi) is 7.14. The Morgan fingerprint density at radius 3 is 2.20 bits per heavy atom. The van der Waals surface area contributed by atoms with Crippen LogP contribution in [0.15, 0.2) is 0 Å². The average molecular weight is 217 g/mol. The van der Waals surface area contributed by atoms with Crippen molar-refractivity contribution in [3.63, 3.8) is 0 Å². The molecule has 0 aliphatic carbocycles. The van der Waals surface area contributed by atoms with Gasteiger partial charge in [0.25, 0.3) is 0 Å². The van der Waals surface area contributed by atoms with Gasteiger partial charge in [-0.1, -0.05) is 13.8 Å². The maximum absolute atomic E-state index is 5.63. The molecule has 15 heavy (non-hydrogen) atoms. The fourth-order valence-corrected chi connectivity index (χ4v) is 1.27. The fraction of sp³-hybridized carbons (Fsp3) is 1.00. The number of methoxy groups -OCH3 is 1. The van der Waals surface area contributed by atoms with E-state index < -0.39 is 0 Å². The molecule has 0 aromatic carbocycles. The van der Waals surface area contributed by atoms with Crippen LogP contribution in [0, 0.1) is 5.92 Å². The summed E-state index contributed by atoms with van der Waals surface area (Å²) in [6.07, 6.45) is 0. The van der Waals surface area contributed by atoms with E-state index in [1.54, 1.807) is 7.11 Å². The van der Waals surface area contributed by atoms with Gasteiger partial charge in [-0.2, -0.15) is 0 Å². The van der Waals surface area contributed by atoms with Gasteiger partial charge in [-0.25, -0.2) is 0 Å². The Morgan fingerprint density at radius 1 is 1.20 bits per heavy atom. The van der Waals surface area contributed by atoms with Crippen molar-refractivity contribution < 1.29 is 9.47 Å². The highest BCUT2D eigenvalue weighted by Crippen LogP contribution is 2.06. The predicted octanol–water partition coefficient (Wildman–Crippen LogP) is 2.06. The zero-order valence-corrected chi connectivity index (χ0v) is 11.1. The molecule has 0 heterocycles. The predicted molar refractivity (Wildman–Crippen MR) is 64.2 cm³/mol. The molecule has 0 amide bonds. The Hall–Kier alpha value is -0.120. The molecule has 92 valence electrons. The first-order valence-electron chi connectivity index (χ1n) is 5.73. The van der Waals surface area contributed by atoms with E-state index >= 15 is 0 Å². The van der Waals surface area contributed by atoms with Gasteiger partial charge in [-0.15, -0.1) is 0 Å². The summed E-state index contributed by atoms with van der Waals surface area (Å²) in [5.74, 6) is 0.583. The van der Waals surface area contributed by atoms with Gasteiger partial charge in [0, 0.05) is 19.7 Å². The van der Waals surface area contributed by atoms with Crippen molar-refractivity contribution in [3.8, 4) is 0 Å². The minimum absolute atomic E-state index is 0.0454. The Bertz CT molecular complexity index is 152. The maximum atomic E-state index is 5.63. The van der Waals surface area contributed by atoms with Gasteiger partial charge in [-0.3, -0.25) is 0 Å². The largest absolute Gasteiger partial charge is 0.383 e. The molecule has 0 radical (unpaired) electrons. The summed E-state index contributed by atoms with van der Waals surface area (Å²) < 4.78 is 10.8. The van der Waals surface area contributed by atoms with Crippen LogP contribution >= 0.6 is 0 Å². The smallest absolute Gasteiger partial charge is 0.0618 e. The molecule has 0 saturated carbocycles. The first-order valence-corrected chi connectivity index (χ1v) is 5.73. The third kappa shape index (κ3) is 8.85. The fourth-order valence-electron chi connectivity index (χ4n) is 1.27. The summed E-state index contributed by atoms with van der Waals surface area (Å²) in [6.45, 7) is 13.0. The van der Waals surface area contributed by atoms with Gasteiger partial charge in [-0.05, 0) is 26.7 Å². The van der Waals surface area contributed by atoms with E-state index in [4.69, 9.17) is 9.47 Å². The zero-order valence-electron chi connectivity index (χ0n) is 11.1. The van der Waals surface area contributed by atoms with Crippen molar-refractivity contribution in [3.05, 3.63) is 0 Å². The average Bonchev–Trinajstić information content (AvgIpc) is 2.08. The van der Waals surface area contributed by atoms with E-state index in [0.717, 1.165) is 19.8 Å². The quantitative estimate of drug-likeness (QED) is 0.662. The minimum atomic E-state index is -0.0454. The van der Waals surface area contributed by atoms with Crippen LogP contribution in [0.25, 0.3) is 0 Å². The SMILES string of the molecule is COCC(NCCOC(C)(C)C)C(C)C. The van der Waals surface area contributed by atoms with E-state index in [-0.39, 0.29) is 5.60 Å².